The van der Waals surface area contributed by atoms with Crippen molar-refractivity contribution >= 4 is 30.7 Å². The fraction of sp³-hybridized carbons (Fsp3) is 0.424. The molecule has 0 saturated heterocycles. The van der Waals surface area contributed by atoms with Crippen LogP contribution in [0.2, 0.25) is 0 Å². The van der Waals surface area contributed by atoms with Crippen molar-refractivity contribution in [2.45, 2.75) is 71.2 Å². The predicted molar refractivity (Wildman–Crippen MR) is 170 cm³/mol. The maximum Gasteiger partial charge on any atom is 0.251 e. The van der Waals surface area contributed by atoms with Crippen LogP contribution in [-0.4, -0.2) is 47.7 Å². The molecule has 4 rings (SSSR count). The Morgan fingerprint density at radius 2 is 1.69 bits per heavy atom. The Morgan fingerprint density at radius 1 is 0.952 bits per heavy atom. The summed E-state index contributed by atoms with van der Waals surface area (Å²) in [6, 6.07) is 16.5. The number of aliphatic hydroxyl groups is 1. The maximum atomic E-state index is 13.9. The van der Waals surface area contributed by atoms with Crippen LogP contribution in [0.25, 0.3) is 0 Å². The molecule has 0 spiro atoms. The lowest BCUT2D eigenvalue weighted by atomic mass is 9.96. The number of rotatable bonds is 13. The van der Waals surface area contributed by atoms with E-state index in [9.17, 15) is 18.7 Å². The summed E-state index contributed by atoms with van der Waals surface area (Å²) in [6.45, 7) is 7.92. The number of aliphatic hydroxyl groups excluding tert-OH is 1. The first-order valence-corrected chi connectivity index (χ1v) is 14.4. The molecular formula is C33H43Cl2F2N3O2. The number of carbonyl (C=O) groups is 1. The molecule has 230 valence electrons. The molecule has 0 aliphatic carbocycles. The van der Waals surface area contributed by atoms with Gasteiger partial charge in [0.1, 0.15) is 11.6 Å². The quantitative estimate of drug-likeness (QED) is 0.218. The van der Waals surface area contributed by atoms with Gasteiger partial charge in [0.25, 0.3) is 5.91 Å². The van der Waals surface area contributed by atoms with E-state index in [2.05, 4.69) is 41.5 Å². The number of fused-ring (bicyclic) bond motifs is 1. The number of aryl methyl sites for hydroxylation is 1. The lowest BCUT2D eigenvalue weighted by Crippen LogP contribution is -2.48. The molecule has 1 heterocycles. The van der Waals surface area contributed by atoms with Gasteiger partial charge in [-0.2, -0.15) is 0 Å². The number of amides is 1. The number of unbranched alkanes of at least 4 members (excludes halogenated alkanes) is 1. The first kappa shape index (κ1) is 35.6. The van der Waals surface area contributed by atoms with Crippen molar-refractivity contribution in [3.63, 3.8) is 0 Å². The van der Waals surface area contributed by atoms with Crippen molar-refractivity contribution in [1.82, 2.24) is 15.5 Å². The van der Waals surface area contributed by atoms with Gasteiger partial charge in [-0.3, -0.25) is 9.69 Å². The molecule has 0 fully saturated rings. The van der Waals surface area contributed by atoms with E-state index >= 15 is 0 Å². The van der Waals surface area contributed by atoms with Gasteiger partial charge in [-0.05, 0) is 84.3 Å². The van der Waals surface area contributed by atoms with Crippen molar-refractivity contribution in [3.8, 4) is 0 Å². The Bertz CT molecular complexity index is 1270. The number of carbonyl (C=O) groups excluding carboxylic acids is 1. The van der Waals surface area contributed by atoms with Gasteiger partial charge in [0, 0.05) is 37.8 Å². The van der Waals surface area contributed by atoms with E-state index in [0.717, 1.165) is 62.5 Å². The summed E-state index contributed by atoms with van der Waals surface area (Å²) in [6.07, 6.45) is 3.30. The van der Waals surface area contributed by atoms with Crippen molar-refractivity contribution < 1.29 is 18.7 Å². The van der Waals surface area contributed by atoms with Crippen molar-refractivity contribution in [2.24, 2.45) is 0 Å². The molecular weight excluding hydrogens is 579 g/mol. The fourth-order valence-electron chi connectivity index (χ4n) is 5.31. The van der Waals surface area contributed by atoms with Gasteiger partial charge >= 0.3 is 0 Å². The van der Waals surface area contributed by atoms with Crippen LogP contribution in [0.3, 0.4) is 0 Å². The Balaban J connectivity index is 0.00000308. The van der Waals surface area contributed by atoms with Crippen LogP contribution < -0.4 is 10.6 Å². The molecule has 0 unspecified atom stereocenters. The standard InChI is InChI=1S/C33H41F2N3O2.2ClH/c1-3-5-12-38-13-11-26-9-10-27(18-28(26)22-38)33(40)37-31(17-25-15-29(34)19-30(35)16-25)32(39)21-36-20-24-8-6-7-23(4-2)14-24;;/h6-10,14-16,18-19,31-32,36,39H,3-5,11-13,17,20-22H2,1-2H3,(H,37,40);2*1H/t31-,32+;;/m0../s1. The largest absolute Gasteiger partial charge is 0.390 e. The summed E-state index contributed by atoms with van der Waals surface area (Å²) in [5, 5.41) is 17.3. The van der Waals surface area contributed by atoms with Crippen LogP contribution in [0.4, 0.5) is 8.78 Å². The zero-order valence-electron chi connectivity index (χ0n) is 24.4. The number of hydrogen-bond donors (Lipinski definition) is 3. The fourth-order valence-corrected chi connectivity index (χ4v) is 5.31. The van der Waals surface area contributed by atoms with E-state index < -0.39 is 23.8 Å². The van der Waals surface area contributed by atoms with E-state index in [1.807, 2.05) is 30.3 Å². The second-order valence-corrected chi connectivity index (χ2v) is 10.8. The smallest absolute Gasteiger partial charge is 0.251 e. The van der Waals surface area contributed by atoms with Crippen LogP contribution in [0.1, 0.15) is 64.9 Å². The molecule has 42 heavy (non-hydrogen) atoms. The molecule has 1 amide bonds. The lowest BCUT2D eigenvalue weighted by Gasteiger charge is -2.29. The van der Waals surface area contributed by atoms with E-state index in [-0.39, 0.29) is 43.7 Å². The molecule has 3 aromatic carbocycles. The Hall–Kier alpha value is -2.55. The molecule has 0 bridgehead atoms. The average Bonchev–Trinajstić information content (AvgIpc) is 2.94. The van der Waals surface area contributed by atoms with Gasteiger partial charge in [0.2, 0.25) is 0 Å². The number of hydrogen-bond acceptors (Lipinski definition) is 4. The SMILES string of the molecule is CCCCN1CCc2ccc(C(=O)N[C@@H](Cc3cc(F)cc(F)c3)[C@H](O)CNCc3cccc(CC)c3)cc2C1.Cl.Cl. The van der Waals surface area contributed by atoms with Crippen molar-refractivity contribution in [2.75, 3.05) is 19.6 Å². The minimum absolute atomic E-state index is 0. The highest BCUT2D eigenvalue weighted by atomic mass is 35.5. The molecule has 0 aromatic heterocycles. The average molecular weight is 623 g/mol. The zero-order valence-corrected chi connectivity index (χ0v) is 26.0. The molecule has 1 aliphatic rings. The van der Waals surface area contributed by atoms with Crippen molar-refractivity contribution in [3.05, 3.63) is 106 Å². The highest BCUT2D eigenvalue weighted by Gasteiger charge is 2.24. The highest BCUT2D eigenvalue weighted by Crippen LogP contribution is 2.21. The van der Waals surface area contributed by atoms with Crippen LogP contribution in [-0.2, 0) is 32.4 Å². The number of benzene rings is 3. The Kier molecular flexibility index (Phi) is 14.9. The van der Waals surface area contributed by atoms with Crippen LogP contribution in [0.15, 0.2) is 60.7 Å². The summed E-state index contributed by atoms with van der Waals surface area (Å²) in [7, 11) is 0. The number of nitrogens with zero attached hydrogens (tertiary/aromatic N) is 1. The number of nitrogens with one attached hydrogen (secondary N) is 2. The van der Waals surface area contributed by atoms with Crippen LogP contribution >= 0.6 is 24.8 Å². The summed E-state index contributed by atoms with van der Waals surface area (Å²) in [5.74, 6) is -1.69. The normalized spacial score (nSPS) is 14.2. The molecule has 0 radical (unpaired) electrons. The van der Waals surface area contributed by atoms with Crippen LogP contribution in [0, 0.1) is 11.6 Å². The van der Waals surface area contributed by atoms with Gasteiger partial charge in [-0.15, -0.1) is 24.8 Å². The van der Waals surface area contributed by atoms with Gasteiger partial charge in [-0.1, -0.05) is 50.6 Å². The third-order valence-corrected chi connectivity index (χ3v) is 7.63. The summed E-state index contributed by atoms with van der Waals surface area (Å²) < 4.78 is 27.8. The molecule has 1 aliphatic heterocycles. The second kappa shape index (κ2) is 17.5. The zero-order chi connectivity index (χ0) is 28.5. The van der Waals surface area contributed by atoms with Gasteiger partial charge in [-0.25, -0.2) is 8.78 Å². The maximum absolute atomic E-state index is 13.9. The molecule has 9 heteroatoms. The van der Waals surface area contributed by atoms with E-state index in [4.69, 9.17) is 0 Å². The third kappa shape index (κ3) is 10.3. The highest BCUT2D eigenvalue weighted by molar-refractivity contribution is 5.94. The summed E-state index contributed by atoms with van der Waals surface area (Å²) in [4.78, 5) is 15.8. The second-order valence-electron chi connectivity index (χ2n) is 10.8. The van der Waals surface area contributed by atoms with Crippen LogP contribution in [0.5, 0.6) is 0 Å². The monoisotopic (exact) mass is 621 g/mol. The van der Waals surface area contributed by atoms with E-state index in [0.29, 0.717) is 17.7 Å². The minimum Gasteiger partial charge on any atom is -0.390 e. The van der Waals surface area contributed by atoms with E-state index in [1.54, 1.807) is 0 Å². The van der Waals surface area contributed by atoms with Gasteiger partial charge < -0.3 is 15.7 Å². The summed E-state index contributed by atoms with van der Waals surface area (Å²) >= 11 is 0. The van der Waals surface area contributed by atoms with Gasteiger partial charge in [0.15, 0.2) is 0 Å². The van der Waals surface area contributed by atoms with Gasteiger partial charge in [0.05, 0.1) is 12.1 Å². The van der Waals surface area contributed by atoms with E-state index in [1.165, 1.54) is 23.3 Å². The molecule has 3 aromatic rings. The molecule has 5 nitrogen and oxygen atoms in total. The Labute approximate surface area is 260 Å². The minimum atomic E-state index is -0.980. The lowest BCUT2D eigenvalue weighted by molar-refractivity contribution is 0.0829. The number of halogens is 4. The first-order chi connectivity index (χ1) is 19.3. The van der Waals surface area contributed by atoms with Crippen molar-refractivity contribution in [1.29, 1.82) is 0 Å². The topological polar surface area (TPSA) is 64.6 Å². The molecule has 2 atom stereocenters. The predicted octanol–water partition coefficient (Wildman–Crippen LogP) is 6.02. The molecule has 0 saturated carbocycles. The Morgan fingerprint density at radius 3 is 2.40 bits per heavy atom. The third-order valence-electron chi connectivity index (χ3n) is 7.63. The first-order valence-electron chi connectivity index (χ1n) is 14.4. The molecule has 3 N–H and O–H groups in total. The summed E-state index contributed by atoms with van der Waals surface area (Å²) in [5.41, 5.74) is 5.62.